The van der Waals surface area contributed by atoms with Crippen LogP contribution in [-0.4, -0.2) is 34.1 Å². The van der Waals surface area contributed by atoms with Crippen molar-refractivity contribution in [2.75, 3.05) is 5.73 Å². The molecule has 0 bridgehead atoms. The molecule has 1 aromatic carbocycles. The largest absolute Gasteiger partial charge is 0.398 e. The molecule has 0 radical (unpaired) electrons. The lowest BCUT2D eigenvalue weighted by Gasteiger charge is -2.38. The molecule has 2 heterocycles. The fourth-order valence-electron chi connectivity index (χ4n) is 2.01. The molecule has 1 atom stereocenters. The van der Waals surface area contributed by atoms with Crippen LogP contribution >= 0.6 is 0 Å². The van der Waals surface area contributed by atoms with Gasteiger partial charge in [0.1, 0.15) is 5.54 Å². The molecule has 0 spiro atoms. The van der Waals surface area contributed by atoms with E-state index in [4.69, 9.17) is 19.4 Å². The van der Waals surface area contributed by atoms with Gasteiger partial charge in [-0.1, -0.05) is 6.04 Å². The van der Waals surface area contributed by atoms with Gasteiger partial charge in [-0.05, 0) is 25.3 Å². The number of nitrogens with zero attached hydrogens (tertiary/aromatic N) is 1. The summed E-state index contributed by atoms with van der Waals surface area (Å²) in [4.78, 5) is 50.6. The number of hydrogen-bond acceptors (Lipinski definition) is 5. The van der Waals surface area contributed by atoms with Gasteiger partial charge < -0.3 is 5.73 Å². The molecule has 108 valence electrons. The number of carbonyl (C=O) groups is 4. The summed E-state index contributed by atoms with van der Waals surface area (Å²) in [5.41, 5.74) is -0.866. The Morgan fingerprint density at radius 2 is 2.14 bits per heavy atom. The predicted molar refractivity (Wildman–Crippen MR) is 72.1 cm³/mol. The van der Waals surface area contributed by atoms with Crippen molar-refractivity contribution >= 4 is 29.3 Å². The summed E-state index contributed by atoms with van der Waals surface area (Å²) < 4.78 is 78.6. The van der Waals surface area contributed by atoms with E-state index in [1.54, 1.807) is 0 Å². The molecule has 0 saturated carbocycles. The van der Waals surface area contributed by atoms with Crippen molar-refractivity contribution in [3.05, 3.63) is 29.3 Å². The highest BCUT2D eigenvalue weighted by molar-refractivity contribution is 6.26. The number of imide groups is 2. The maximum Gasteiger partial charge on any atom is 0.264 e. The van der Waals surface area contributed by atoms with E-state index in [-0.39, 0.29) is 4.90 Å². The molecule has 7 heteroatoms. The first kappa shape index (κ1) is 5.97. The first-order valence-electron chi connectivity index (χ1n) is 10.5. The molecule has 1 aromatic rings. The number of amides is 4. The summed E-state index contributed by atoms with van der Waals surface area (Å²) in [7, 11) is 0. The van der Waals surface area contributed by atoms with Gasteiger partial charge in [-0.15, -0.1) is 0 Å². The zero-order valence-electron chi connectivity index (χ0n) is 20.2. The molecule has 2 aliphatic heterocycles. The van der Waals surface area contributed by atoms with E-state index in [1.165, 1.54) is 5.32 Å². The molecule has 0 aliphatic carbocycles. The summed E-state index contributed by atoms with van der Waals surface area (Å²) >= 11 is 0. The van der Waals surface area contributed by atoms with Gasteiger partial charge in [0.25, 0.3) is 17.7 Å². The average molecular weight is 297 g/mol. The summed E-state index contributed by atoms with van der Waals surface area (Å²) in [6, 6.07) is -2.72. The van der Waals surface area contributed by atoms with E-state index in [1.807, 2.05) is 0 Å². The number of fused-ring (bicyclic) bond motifs is 1. The van der Waals surface area contributed by atoms with Crippen molar-refractivity contribution in [1.82, 2.24) is 10.2 Å². The number of rotatable bonds is 1. The van der Waals surface area contributed by atoms with Crippen LogP contribution in [0.25, 0.3) is 0 Å². The molecule has 4 amide bonds. The second-order valence-corrected chi connectivity index (χ2v) is 4.23. The van der Waals surface area contributed by atoms with E-state index >= 15 is 0 Å². The van der Waals surface area contributed by atoms with Gasteiger partial charge in [0, 0.05) is 21.7 Å². The maximum absolute atomic E-state index is 13.1. The van der Waals surface area contributed by atoms with Gasteiger partial charge in [-0.3, -0.25) is 29.4 Å². The molecule has 7 nitrogen and oxygen atoms in total. The topological polar surface area (TPSA) is 110 Å². The highest BCUT2D eigenvalue weighted by Crippen LogP contribution is 2.35. The highest BCUT2D eigenvalue weighted by Gasteiger charge is 2.53. The van der Waals surface area contributed by atoms with Crippen LogP contribution in [0.15, 0.2) is 18.1 Å². The third kappa shape index (κ3) is 1.67. The van der Waals surface area contributed by atoms with Crippen molar-refractivity contribution in [3.8, 4) is 0 Å². The Morgan fingerprint density at radius 3 is 2.86 bits per heavy atom. The summed E-state index contributed by atoms with van der Waals surface area (Å²) in [6.07, 6.45) is -7.66. The number of anilines is 1. The lowest BCUT2D eigenvalue weighted by atomic mass is 9.89. The van der Waals surface area contributed by atoms with Crippen LogP contribution in [0.2, 0.25) is 0 Å². The smallest absolute Gasteiger partial charge is 0.264 e. The van der Waals surface area contributed by atoms with Gasteiger partial charge >= 0.3 is 0 Å². The third-order valence-corrected chi connectivity index (χ3v) is 2.99. The SMILES string of the molecule is [2H]c1c([2H])c(N)c2c(c1[2H])C(=O)N([C@@]1(C([2H])([2H])[2H])C(=O)NC(=O)C([2H])([2H])C1([2H])[2H])C2=O. The minimum Gasteiger partial charge on any atom is -0.398 e. The van der Waals surface area contributed by atoms with Gasteiger partial charge in [0.05, 0.1) is 15.2 Å². The Labute approximate surface area is 134 Å². The Kier molecular flexibility index (Phi) is 1.18. The fraction of sp³-hybridized carbons (Fsp3) is 0.286. The van der Waals surface area contributed by atoms with Crippen LogP contribution in [-0.2, 0) is 9.59 Å². The van der Waals surface area contributed by atoms with Crippen LogP contribution in [0.4, 0.5) is 5.69 Å². The first-order chi connectivity index (χ1) is 13.9. The predicted octanol–water partition coefficient (Wildman–Crippen LogP) is 0.0601. The molecule has 0 aromatic heterocycles. The van der Waals surface area contributed by atoms with Crippen LogP contribution in [0, 0.1) is 0 Å². The minimum atomic E-state index is -3.97. The average Bonchev–Trinajstić information content (AvgIpc) is 2.88. The number of hydrogen-bond donors (Lipinski definition) is 2. The van der Waals surface area contributed by atoms with Crippen LogP contribution in [0.3, 0.4) is 0 Å². The Balaban J connectivity index is 2.45. The lowest BCUT2D eigenvalue weighted by Crippen LogP contribution is -2.62. The van der Waals surface area contributed by atoms with Crippen molar-refractivity contribution in [2.24, 2.45) is 0 Å². The molecule has 1 saturated heterocycles. The second kappa shape index (κ2) is 4.15. The molecule has 1 fully saturated rings. The summed E-state index contributed by atoms with van der Waals surface area (Å²) in [5.74, 6) is -7.18. The van der Waals surface area contributed by atoms with E-state index in [0.717, 1.165) is 0 Å². The van der Waals surface area contributed by atoms with Crippen LogP contribution in [0.1, 0.15) is 54.0 Å². The summed E-state index contributed by atoms with van der Waals surface area (Å²) in [6.45, 7) is -3.91. The first-order valence-corrected chi connectivity index (χ1v) is 5.53. The monoisotopic (exact) mass is 297 g/mol. The third-order valence-electron chi connectivity index (χ3n) is 2.99. The molecular weight excluding hydrogens is 274 g/mol. The van der Waals surface area contributed by atoms with Gasteiger partial charge in [0.15, 0.2) is 0 Å². The van der Waals surface area contributed by atoms with Crippen molar-refractivity contribution in [1.29, 1.82) is 0 Å². The molecule has 3 rings (SSSR count). The van der Waals surface area contributed by atoms with Crippen LogP contribution in [0.5, 0.6) is 0 Å². The van der Waals surface area contributed by atoms with E-state index < -0.39 is 83.7 Å². The molecular formula is C14H13N3O4. The zero-order valence-corrected chi connectivity index (χ0v) is 10.2. The number of benzene rings is 1. The quantitative estimate of drug-likeness (QED) is 0.562. The number of nitrogens with one attached hydrogen (secondary N) is 1. The van der Waals surface area contributed by atoms with Crippen LogP contribution < -0.4 is 11.1 Å². The lowest BCUT2D eigenvalue weighted by molar-refractivity contribution is -0.140. The second-order valence-electron chi connectivity index (χ2n) is 4.23. The number of nitrogen functional groups attached to an aromatic ring is 1. The van der Waals surface area contributed by atoms with Crippen molar-refractivity contribution in [3.63, 3.8) is 0 Å². The fourth-order valence-corrected chi connectivity index (χ4v) is 2.01. The van der Waals surface area contributed by atoms with E-state index in [2.05, 4.69) is 0 Å². The number of piperidine rings is 1. The molecule has 0 unspecified atom stereocenters. The van der Waals surface area contributed by atoms with Crippen molar-refractivity contribution < 1.29 is 32.9 Å². The van der Waals surface area contributed by atoms with Gasteiger partial charge in [-0.2, -0.15) is 0 Å². The van der Waals surface area contributed by atoms with E-state index in [9.17, 15) is 19.2 Å². The zero-order chi connectivity index (χ0) is 24.1. The Bertz CT molecular complexity index is 1050. The highest BCUT2D eigenvalue weighted by atomic mass is 16.2. The Morgan fingerprint density at radius 1 is 1.38 bits per heavy atom. The maximum atomic E-state index is 13.1. The minimum absolute atomic E-state index is 0.377. The van der Waals surface area contributed by atoms with Gasteiger partial charge in [0.2, 0.25) is 5.91 Å². The Hall–Kier alpha value is -2.70. The van der Waals surface area contributed by atoms with Gasteiger partial charge in [-0.25, -0.2) is 0 Å². The normalized spacial score (nSPS) is 37.4. The summed E-state index contributed by atoms with van der Waals surface area (Å²) in [5, 5.41) is 1.37. The van der Waals surface area contributed by atoms with E-state index in [0.29, 0.717) is 0 Å². The number of carbonyl (C=O) groups excluding carboxylic acids is 4. The molecule has 2 aliphatic rings. The molecule has 21 heavy (non-hydrogen) atoms. The standard InChI is InChI=1S/C14H13N3O4/c1-14(6-5-9(18)16-13(14)21)17-11(19)7-3-2-4-8(15)10(7)12(17)20/h2-4H,5-6,15H2,1H3,(H,16,18,21)/t14-/m1/s1/i1D3,2D,3D,4D,5D2,6D2. The number of nitrogens with two attached hydrogens (primary N) is 1. The molecule has 3 N–H and O–H groups in total. The van der Waals surface area contributed by atoms with Crippen molar-refractivity contribution in [2.45, 2.75) is 25.1 Å².